The summed E-state index contributed by atoms with van der Waals surface area (Å²) in [4.78, 5) is 11.9. The van der Waals surface area contributed by atoms with E-state index in [0.717, 1.165) is 11.6 Å². The number of benzene rings is 2. The van der Waals surface area contributed by atoms with Crippen molar-refractivity contribution in [2.75, 3.05) is 7.11 Å². The van der Waals surface area contributed by atoms with Crippen molar-refractivity contribution in [1.82, 2.24) is 5.32 Å². The van der Waals surface area contributed by atoms with Gasteiger partial charge in [-0.2, -0.15) is 0 Å². The Kier molecular flexibility index (Phi) is 5.14. The maximum atomic E-state index is 13.8. The molecule has 114 valence electrons. The van der Waals surface area contributed by atoms with Crippen molar-refractivity contribution in [3.05, 3.63) is 59.4 Å². The number of rotatable bonds is 5. The Hall–Kier alpha value is -2.38. The van der Waals surface area contributed by atoms with Gasteiger partial charge in [0.25, 0.3) is 5.91 Å². The van der Waals surface area contributed by atoms with Crippen molar-refractivity contribution in [3.8, 4) is 5.75 Å². The van der Waals surface area contributed by atoms with Gasteiger partial charge in [0.1, 0.15) is 11.6 Å². The van der Waals surface area contributed by atoms with Crippen LogP contribution in [0.15, 0.2) is 42.5 Å². The highest BCUT2D eigenvalue weighted by molar-refractivity contribution is 6.58. The highest BCUT2D eigenvalue weighted by atomic mass is 19.1. The zero-order valence-electron chi connectivity index (χ0n) is 11.9. The Morgan fingerprint density at radius 2 is 1.91 bits per heavy atom. The molecule has 0 heterocycles. The van der Waals surface area contributed by atoms with Crippen molar-refractivity contribution in [3.63, 3.8) is 0 Å². The number of carbonyl (C=O) groups excluding carboxylic acids is 1. The van der Waals surface area contributed by atoms with E-state index in [4.69, 9.17) is 14.8 Å². The average molecular weight is 303 g/mol. The van der Waals surface area contributed by atoms with Gasteiger partial charge < -0.3 is 20.1 Å². The van der Waals surface area contributed by atoms with Gasteiger partial charge in [0, 0.05) is 12.6 Å². The van der Waals surface area contributed by atoms with Crippen molar-refractivity contribution in [1.29, 1.82) is 0 Å². The predicted octanol–water partition coefficient (Wildman–Crippen LogP) is 0.444. The van der Waals surface area contributed by atoms with E-state index in [1.807, 2.05) is 0 Å². The molecule has 2 aromatic carbocycles. The van der Waals surface area contributed by atoms with Crippen LogP contribution in [0, 0.1) is 5.82 Å². The topological polar surface area (TPSA) is 78.8 Å². The summed E-state index contributed by atoms with van der Waals surface area (Å²) in [7, 11) is -0.112. The number of carbonyl (C=O) groups is 1. The van der Waals surface area contributed by atoms with Crippen molar-refractivity contribution in [2.24, 2.45) is 0 Å². The quantitative estimate of drug-likeness (QED) is 0.701. The van der Waals surface area contributed by atoms with Gasteiger partial charge in [-0.25, -0.2) is 4.39 Å². The van der Waals surface area contributed by atoms with E-state index >= 15 is 0 Å². The zero-order chi connectivity index (χ0) is 16.1. The summed E-state index contributed by atoms with van der Waals surface area (Å²) in [5.41, 5.74) is 1.05. The molecule has 22 heavy (non-hydrogen) atoms. The summed E-state index contributed by atoms with van der Waals surface area (Å²) in [6.45, 7) is 0.201. The summed E-state index contributed by atoms with van der Waals surface area (Å²) in [5, 5.41) is 20.6. The molecule has 0 aliphatic carbocycles. The molecule has 0 spiro atoms. The smallest absolute Gasteiger partial charge is 0.488 e. The number of amides is 1. The summed E-state index contributed by atoms with van der Waals surface area (Å²) in [5.74, 6) is -0.853. The maximum absolute atomic E-state index is 13.8. The fourth-order valence-electron chi connectivity index (χ4n) is 1.89. The third kappa shape index (κ3) is 3.84. The third-order valence-corrected chi connectivity index (χ3v) is 3.15. The predicted molar refractivity (Wildman–Crippen MR) is 80.4 cm³/mol. The lowest BCUT2D eigenvalue weighted by Crippen LogP contribution is -2.30. The number of hydrogen-bond acceptors (Lipinski definition) is 4. The summed E-state index contributed by atoms with van der Waals surface area (Å²) in [6, 6.07) is 10.4. The first kappa shape index (κ1) is 16.0. The highest BCUT2D eigenvalue weighted by Gasteiger charge is 2.13. The summed E-state index contributed by atoms with van der Waals surface area (Å²) >= 11 is 0. The minimum atomic E-state index is -1.53. The molecule has 0 aliphatic heterocycles. The number of ether oxygens (including phenoxy) is 1. The molecule has 2 aromatic rings. The van der Waals surface area contributed by atoms with Crippen LogP contribution < -0.4 is 15.5 Å². The monoisotopic (exact) mass is 303 g/mol. The third-order valence-electron chi connectivity index (χ3n) is 3.15. The maximum Gasteiger partial charge on any atom is 0.488 e. The molecule has 0 aliphatic rings. The van der Waals surface area contributed by atoms with Gasteiger partial charge in [0.2, 0.25) is 0 Å². The van der Waals surface area contributed by atoms with Crippen LogP contribution in [-0.2, 0) is 6.54 Å². The molecule has 2 rings (SSSR count). The van der Waals surface area contributed by atoms with E-state index in [1.54, 1.807) is 24.3 Å². The van der Waals surface area contributed by atoms with Gasteiger partial charge in [0.15, 0.2) is 0 Å². The van der Waals surface area contributed by atoms with E-state index in [9.17, 15) is 9.18 Å². The fraction of sp³-hybridized carbons (Fsp3) is 0.133. The molecular weight excluding hydrogens is 288 g/mol. The Morgan fingerprint density at radius 1 is 1.23 bits per heavy atom. The highest BCUT2D eigenvalue weighted by Crippen LogP contribution is 2.16. The normalized spacial score (nSPS) is 10.2. The standard InChI is InChI=1S/C15H15BFNO4/c1-22-12-6-7-13(14(17)8-12)15(19)18-9-10-2-4-11(5-3-10)16(20)21/h2-8,20-21H,9H2,1H3,(H,18,19). The van der Waals surface area contributed by atoms with Crippen LogP contribution in [0.25, 0.3) is 0 Å². The molecule has 1 amide bonds. The van der Waals surface area contributed by atoms with E-state index in [-0.39, 0.29) is 12.1 Å². The molecular formula is C15H15BFNO4. The molecule has 0 aromatic heterocycles. The molecule has 3 N–H and O–H groups in total. The average Bonchev–Trinajstić information content (AvgIpc) is 2.52. The number of halogens is 1. The van der Waals surface area contributed by atoms with Crippen LogP contribution in [0.5, 0.6) is 5.75 Å². The van der Waals surface area contributed by atoms with Gasteiger partial charge in [-0.1, -0.05) is 24.3 Å². The Morgan fingerprint density at radius 3 is 2.45 bits per heavy atom. The van der Waals surface area contributed by atoms with Gasteiger partial charge in [-0.3, -0.25) is 4.79 Å². The van der Waals surface area contributed by atoms with E-state index in [0.29, 0.717) is 11.2 Å². The Balaban J connectivity index is 2.00. The Labute approximate surface area is 127 Å². The van der Waals surface area contributed by atoms with E-state index < -0.39 is 18.8 Å². The number of hydrogen-bond donors (Lipinski definition) is 3. The second-order valence-corrected chi connectivity index (χ2v) is 4.64. The first-order chi connectivity index (χ1) is 10.5. The van der Waals surface area contributed by atoms with Crippen LogP contribution in [-0.4, -0.2) is 30.2 Å². The Bertz CT molecular complexity index is 661. The van der Waals surface area contributed by atoms with Crippen LogP contribution in [0.1, 0.15) is 15.9 Å². The van der Waals surface area contributed by atoms with Crippen LogP contribution in [0.4, 0.5) is 4.39 Å². The number of methoxy groups -OCH3 is 1. The van der Waals surface area contributed by atoms with Crippen molar-refractivity contribution in [2.45, 2.75) is 6.54 Å². The SMILES string of the molecule is COc1ccc(C(=O)NCc2ccc(B(O)O)cc2)c(F)c1. The molecule has 0 atom stereocenters. The second kappa shape index (κ2) is 7.06. The molecule has 0 saturated heterocycles. The van der Waals surface area contributed by atoms with Gasteiger partial charge >= 0.3 is 7.12 Å². The van der Waals surface area contributed by atoms with Crippen LogP contribution in [0.2, 0.25) is 0 Å². The molecule has 0 unspecified atom stereocenters. The minimum Gasteiger partial charge on any atom is -0.497 e. The minimum absolute atomic E-state index is 0.0665. The van der Waals surface area contributed by atoms with E-state index in [1.165, 1.54) is 19.2 Å². The lowest BCUT2D eigenvalue weighted by Gasteiger charge is -2.08. The van der Waals surface area contributed by atoms with Crippen LogP contribution >= 0.6 is 0 Å². The summed E-state index contributed by atoms with van der Waals surface area (Å²) < 4.78 is 18.6. The fourth-order valence-corrected chi connectivity index (χ4v) is 1.89. The lowest BCUT2D eigenvalue weighted by molar-refractivity contribution is 0.0947. The largest absolute Gasteiger partial charge is 0.497 e. The molecule has 5 nitrogen and oxygen atoms in total. The van der Waals surface area contributed by atoms with Crippen LogP contribution in [0.3, 0.4) is 0 Å². The van der Waals surface area contributed by atoms with Crippen molar-refractivity contribution < 1.29 is 24.0 Å². The first-order valence-electron chi connectivity index (χ1n) is 6.58. The van der Waals surface area contributed by atoms with Gasteiger partial charge in [-0.15, -0.1) is 0 Å². The molecule has 0 fully saturated rings. The van der Waals surface area contributed by atoms with Gasteiger partial charge in [-0.05, 0) is 23.2 Å². The van der Waals surface area contributed by atoms with Gasteiger partial charge in [0.05, 0.1) is 12.7 Å². The first-order valence-corrected chi connectivity index (χ1v) is 6.58. The molecule has 0 radical (unpaired) electrons. The zero-order valence-corrected chi connectivity index (χ0v) is 11.9. The lowest BCUT2D eigenvalue weighted by atomic mass is 9.80. The molecule has 0 bridgehead atoms. The van der Waals surface area contributed by atoms with Crippen molar-refractivity contribution >= 4 is 18.5 Å². The summed E-state index contributed by atoms with van der Waals surface area (Å²) in [6.07, 6.45) is 0. The molecule has 7 heteroatoms. The van der Waals surface area contributed by atoms with E-state index in [2.05, 4.69) is 5.32 Å². The molecule has 0 saturated carbocycles. The number of nitrogens with one attached hydrogen (secondary N) is 1. The second-order valence-electron chi connectivity index (χ2n) is 4.64.